The normalized spacial score (nSPS) is 22.3. The molecule has 0 radical (unpaired) electrons. The zero-order valence-corrected chi connectivity index (χ0v) is 12.6. The molecule has 7 nitrogen and oxygen atoms in total. The highest BCUT2D eigenvalue weighted by Gasteiger charge is 2.38. The quantitative estimate of drug-likeness (QED) is 0.906. The van der Waals surface area contributed by atoms with Crippen molar-refractivity contribution in [1.82, 2.24) is 19.6 Å². The Morgan fingerprint density at radius 3 is 2.74 bits per heavy atom. The van der Waals surface area contributed by atoms with Crippen LogP contribution in [0.2, 0.25) is 0 Å². The van der Waals surface area contributed by atoms with Gasteiger partial charge in [0.1, 0.15) is 5.82 Å². The standard InChI is InChI=1S/C13H16F3N5O2/c1-7-3-10(20-5-9(23-2)4-8(20)6-22)21-12(17-7)18-11(19-21)13(14,15)16/h3,8-9,22H,4-6H2,1-2H3/t8-,9+/m0/s1. The third-order valence-electron chi connectivity index (χ3n) is 3.89. The molecule has 0 unspecified atom stereocenters. The maximum atomic E-state index is 12.9. The molecule has 0 saturated carbocycles. The minimum atomic E-state index is -4.64. The largest absolute Gasteiger partial charge is 0.453 e. The monoisotopic (exact) mass is 331 g/mol. The SMILES string of the molecule is CO[C@@H]1C[C@@H](CO)N(c2cc(C)nc3nc(C(F)(F)F)nn23)C1. The van der Waals surface area contributed by atoms with E-state index < -0.39 is 12.0 Å². The molecule has 10 heteroatoms. The van der Waals surface area contributed by atoms with E-state index in [-0.39, 0.29) is 24.5 Å². The molecule has 0 spiro atoms. The van der Waals surface area contributed by atoms with Crippen LogP contribution in [0, 0.1) is 6.92 Å². The predicted octanol–water partition coefficient (Wildman–Crippen LogP) is 1.04. The van der Waals surface area contributed by atoms with Crippen LogP contribution >= 0.6 is 0 Å². The van der Waals surface area contributed by atoms with Gasteiger partial charge in [-0.2, -0.15) is 22.7 Å². The molecule has 1 saturated heterocycles. The summed E-state index contributed by atoms with van der Waals surface area (Å²) in [6, 6.07) is 1.37. The number of alkyl halides is 3. The number of ether oxygens (including phenoxy) is 1. The molecule has 0 aromatic carbocycles. The van der Waals surface area contributed by atoms with Gasteiger partial charge in [0.15, 0.2) is 0 Å². The van der Waals surface area contributed by atoms with Crippen LogP contribution in [0.15, 0.2) is 6.07 Å². The van der Waals surface area contributed by atoms with Gasteiger partial charge in [-0.3, -0.25) is 0 Å². The Hall–Kier alpha value is -1.94. The summed E-state index contributed by atoms with van der Waals surface area (Å²) in [7, 11) is 1.56. The summed E-state index contributed by atoms with van der Waals surface area (Å²) in [4.78, 5) is 9.25. The highest BCUT2D eigenvalue weighted by atomic mass is 19.4. The molecular weight excluding hydrogens is 315 g/mol. The van der Waals surface area contributed by atoms with Crippen molar-refractivity contribution in [3.63, 3.8) is 0 Å². The average Bonchev–Trinajstić information content (AvgIpc) is 3.09. The molecule has 126 valence electrons. The fourth-order valence-electron chi connectivity index (χ4n) is 2.79. The first kappa shape index (κ1) is 15.9. The number of hydrogen-bond acceptors (Lipinski definition) is 6. The molecule has 3 heterocycles. The number of aromatic nitrogens is 4. The smallest absolute Gasteiger partial charge is 0.394 e. The lowest BCUT2D eigenvalue weighted by molar-refractivity contribution is -0.144. The Bertz CT molecular complexity index is 717. The number of rotatable bonds is 3. The van der Waals surface area contributed by atoms with Crippen LogP contribution in [0.1, 0.15) is 17.9 Å². The lowest BCUT2D eigenvalue weighted by atomic mass is 10.2. The van der Waals surface area contributed by atoms with Crippen LogP contribution < -0.4 is 4.90 Å². The summed E-state index contributed by atoms with van der Waals surface area (Å²) in [6.07, 6.45) is -4.17. The van der Waals surface area contributed by atoms with Gasteiger partial charge >= 0.3 is 6.18 Å². The van der Waals surface area contributed by atoms with Crippen LogP contribution in [0.3, 0.4) is 0 Å². The van der Waals surface area contributed by atoms with E-state index in [9.17, 15) is 18.3 Å². The molecule has 2 aromatic heterocycles. The third kappa shape index (κ3) is 2.83. The van der Waals surface area contributed by atoms with Crippen LogP contribution in [-0.4, -0.2) is 57.1 Å². The molecule has 0 aliphatic carbocycles. The third-order valence-corrected chi connectivity index (χ3v) is 3.89. The number of hydrogen-bond donors (Lipinski definition) is 1. The molecule has 2 atom stereocenters. The molecule has 1 aliphatic heterocycles. The van der Waals surface area contributed by atoms with Gasteiger partial charge in [0, 0.05) is 25.4 Å². The van der Waals surface area contributed by atoms with Crippen molar-refractivity contribution >= 4 is 11.6 Å². The Morgan fingerprint density at radius 2 is 2.13 bits per heavy atom. The van der Waals surface area contributed by atoms with Crippen LogP contribution in [0.25, 0.3) is 5.78 Å². The van der Waals surface area contributed by atoms with Crippen LogP contribution in [-0.2, 0) is 10.9 Å². The molecular formula is C13H16F3N5O2. The molecule has 3 rings (SSSR count). The van der Waals surface area contributed by atoms with E-state index in [1.165, 1.54) is 0 Å². The number of aliphatic hydroxyl groups is 1. The topological polar surface area (TPSA) is 75.8 Å². The summed E-state index contributed by atoms with van der Waals surface area (Å²) in [5.74, 6) is -0.945. The number of methoxy groups -OCH3 is 1. The lowest BCUT2D eigenvalue weighted by Crippen LogP contribution is -2.34. The van der Waals surface area contributed by atoms with Gasteiger partial charge in [0.25, 0.3) is 11.6 Å². The van der Waals surface area contributed by atoms with Gasteiger partial charge < -0.3 is 14.7 Å². The van der Waals surface area contributed by atoms with Crippen molar-refractivity contribution in [3.05, 3.63) is 17.6 Å². The van der Waals surface area contributed by atoms with E-state index in [0.717, 1.165) is 4.52 Å². The number of aliphatic hydroxyl groups excluding tert-OH is 1. The molecule has 2 aromatic rings. The Balaban J connectivity index is 2.11. The Labute approximate surface area is 129 Å². The molecule has 23 heavy (non-hydrogen) atoms. The van der Waals surface area contributed by atoms with Crippen molar-refractivity contribution in [3.8, 4) is 0 Å². The second-order valence-electron chi connectivity index (χ2n) is 5.48. The average molecular weight is 331 g/mol. The zero-order chi connectivity index (χ0) is 16.8. The van der Waals surface area contributed by atoms with Crippen LogP contribution in [0.5, 0.6) is 0 Å². The molecule has 1 aliphatic rings. The van der Waals surface area contributed by atoms with E-state index in [0.29, 0.717) is 24.5 Å². The second kappa shape index (κ2) is 5.60. The van der Waals surface area contributed by atoms with Gasteiger partial charge in [-0.05, 0) is 13.3 Å². The number of nitrogens with zero attached hydrogens (tertiary/aromatic N) is 5. The first-order valence-electron chi connectivity index (χ1n) is 7.05. The second-order valence-corrected chi connectivity index (χ2v) is 5.48. The van der Waals surface area contributed by atoms with E-state index in [1.807, 2.05) is 0 Å². The van der Waals surface area contributed by atoms with E-state index in [2.05, 4.69) is 15.1 Å². The van der Waals surface area contributed by atoms with Crippen molar-refractivity contribution in [1.29, 1.82) is 0 Å². The first-order chi connectivity index (χ1) is 10.8. The summed E-state index contributed by atoms with van der Waals surface area (Å²) in [5.41, 5.74) is 0.520. The first-order valence-corrected chi connectivity index (χ1v) is 7.05. The van der Waals surface area contributed by atoms with Crippen molar-refractivity contribution in [2.75, 3.05) is 25.2 Å². The zero-order valence-electron chi connectivity index (χ0n) is 12.6. The van der Waals surface area contributed by atoms with E-state index in [1.54, 1.807) is 25.0 Å². The summed E-state index contributed by atoms with van der Waals surface area (Å²) in [6.45, 7) is 1.98. The predicted molar refractivity (Wildman–Crippen MR) is 74.2 cm³/mol. The maximum Gasteiger partial charge on any atom is 0.453 e. The number of anilines is 1. The number of fused-ring (bicyclic) bond motifs is 1. The maximum absolute atomic E-state index is 12.9. The fraction of sp³-hybridized carbons (Fsp3) is 0.615. The van der Waals surface area contributed by atoms with E-state index in [4.69, 9.17) is 4.74 Å². The summed E-state index contributed by atoms with van der Waals surface area (Å²) in [5, 5.41) is 13.1. The lowest BCUT2D eigenvalue weighted by Gasteiger charge is -2.25. The van der Waals surface area contributed by atoms with Gasteiger partial charge in [0.2, 0.25) is 0 Å². The van der Waals surface area contributed by atoms with Gasteiger partial charge in [-0.15, -0.1) is 5.10 Å². The molecule has 1 fully saturated rings. The Morgan fingerprint density at radius 1 is 1.39 bits per heavy atom. The fourth-order valence-corrected chi connectivity index (χ4v) is 2.79. The van der Waals surface area contributed by atoms with Crippen molar-refractivity contribution < 1.29 is 23.0 Å². The summed E-state index contributed by atoms with van der Waals surface area (Å²) >= 11 is 0. The van der Waals surface area contributed by atoms with Gasteiger partial charge in [-0.25, -0.2) is 4.98 Å². The minimum absolute atomic E-state index is 0.110. The minimum Gasteiger partial charge on any atom is -0.394 e. The van der Waals surface area contributed by atoms with Gasteiger partial charge in [-0.1, -0.05) is 0 Å². The molecule has 0 bridgehead atoms. The summed E-state index contributed by atoms with van der Waals surface area (Å²) < 4.78 is 44.9. The Kier molecular flexibility index (Phi) is 3.88. The highest BCUT2D eigenvalue weighted by Crippen LogP contribution is 2.30. The number of aryl methyl sites for hydroxylation is 1. The van der Waals surface area contributed by atoms with Crippen molar-refractivity contribution in [2.45, 2.75) is 31.7 Å². The molecule has 1 N–H and O–H groups in total. The van der Waals surface area contributed by atoms with Crippen molar-refractivity contribution in [2.24, 2.45) is 0 Å². The molecule has 0 amide bonds. The van der Waals surface area contributed by atoms with Gasteiger partial charge in [0.05, 0.1) is 18.8 Å². The number of halogens is 3. The van der Waals surface area contributed by atoms with Crippen LogP contribution in [0.4, 0.5) is 19.0 Å². The highest BCUT2D eigenvalue weighted by molar-refractivity contribution is 5.49. The van der Waals surface area contributed by atoms with E-state index >= 15 is 0 Å².